The molecular formula is C20H19Cl2NSiZr. The molecule has 0 spiro atoms. The van der Waals surface area contributed by atoms with E-state index in [0.29, 0.717) is 9.13 Å². The molecule has 0 radical (unpaired) electrons. The summed E-state index contributed by atoms with van der Waals surface area (Å²) in [6, 6.07) is 12.1. The normalized spacial score (nSPS) is 18.8. The van der Waals surface area contributed by atoms with E-state index in [-0.39, 0.29) is 51.0 Å². The Morgan fingerprint density at radius 3 is 2.48 bits per heavy atom. The van der Waals surface area contributed by atoms with Gasteiger partial charge in [-0.05, 0) is 36.9 Å². The van der Waals surface area contributed by atoms with Crippen molar-refractivity contribution in [1.29, 1.82) is 0 Å². The van der Waals surface area contributed by atoms with Gasteiger partial charge >= 0.3 is 26.2 Å². The van der Waals surface area contributed by atoms with Crippen LogP contribution in [0.4, 0.5) is 0 Å². The summed E-state index contributed by atoms with van der Waals surface area (Å²) in [4.78, 5) is 4.81. The number of rotatable bonds is 3. The molecule has 0 atom stereocenters. The van der Waals surface area contributed by atoms with Gasteiger partial charge in [-0.15, -0.1) is 0 Å². The first-order valence-electron chi connectivity index (χ1n) is 7.93. The molecule has 0 fully saturated rings. The van der Waals surface area contributed by atoms with Crippen LogP contribution in [0.1, 0.15) is 25.3 Å². The Kier molecular flexibility index (Phi) is 8.91. The van der Waals surface area contributed by atoms with Gasteiger partial charge in [0, 0.05) is 26.0 Å². The van der Waals surface area contributed by atoms with Crippen molar-refractivity contribution >= 4 is 20.0 Å². The van der Waals surface area contributed by atoms with Crippen LogP contribution < -0.4 is 24.8 Å². The minimum atomic E-state index is 0. The van der Waals surface area contributed by atoms with Gasteiger partial charge in [-0.2, -0.15) is 0 Å². The first-order valence-corrected chi connectivity index (χ1v) is 9.32. The Hall–Kier alpha value is -0.600. The third-order valence-corrected chi connectivity index (χ3v) is 6.20. The van der Waals surface area contributed by atoms with E-state index in [2.05, 4.69) is 61.6 Å². The third kappa shape index (κ3) is 4.57. The van der Waals surface area contributed by atoms with Crippen LogP contribution >= 0.6 is 0 Å². The molecule has 0 bridgehead atoms. The second-order valence-electron chi connectivity index (χ2n) is 5.98. The molecule has 126 valence electrons. The van der Waals surface area contributed by atoms with Gasteiger partial charge in [0.2, 0.25) is 0 Å². The number of hydrogen-bond donors (Lipinski definition) is 0. The Balaban J connectivity index is 0.00000104. The Morgan fingerprint density at radius 1 is 1.04 bits per heavy atom. The zero-order valence-corrected chi connectivity index (χ0v) is 19.2. The van der Waals surface area contributed by atoms with Crippen LogP contribution in [-0.2, 0) is 32.2 Å². The first-order chi connectivity index (χ1) is 10.8. The fourth-order valence-electron chi connectivity index (χ4n) is 3.45. The molecular weight excluding hydrogens is 444 g/mol. The predicted molar refractivity (Wildman–Crippen MR) is 97.0 cm³/mol. The second-order valence-corrected chi connectivity index (χ2v) is 7.50. The van der Waals surface area contributed by atoms with Gasteiger partial charge in [-0.25, -0.2) is 0 Å². The van der Waals surface area contributed by atoms with Gasteiger partial charge in [-0.3, -0.25) is 4.99 Å². The summed E-state index contributed by atoms with van der Waals surface area (Å²) in [5.74, 6) is 0. The second kappa shape index (κ2) is 9.92. The smallest absolute Gasteiger partial charge is 1.00 e. The quantitative estimate of drug-likeness (QED) is 0.449. The first kappa shape index (κ1) is 22.4. The number of nitrogens with zero attached hydrogens (tertiary/aromatic N) is 1. The molecule has 0 saturated carbocycles. The predicted octanol–water partition coefficient (Wildman–Crippen LogP) is -2.25. The van der Waals surface area contributed by atoms with Crippen molar-refractivity contribution in [2.24, 2.45) is 4.99 Å². The minimum absolute atomic E-state index is 0. The molecule has 2 aliphatic carbocycles. The van der Waals surface area contributed by atoms with E-state index in [9.17, 15) is 0 Å². The summed E-state index contributed by atoms with van der Waals surface area (Å²) >= 11 is 0. The summed E-state index contributed by atoms with van der Waals surface area (Å²) in [6.07, 6.45) is 11.1. The average molecular weight is 464 g/mol. The molecule has 0 N–H and O–H groups in total. The van der Waals surface area contributed by atoms with Gasteiger partial charge in [0.25, 0.3) is 0 Å². The van der Waals surface area contributed by atoms with Crippen molar-refractivity contribution in [3.63, 3.8) is 0 Å². The zero-order chi connectivity index (χ0) is 14.9. The van der Waals surface area contributed by atoms with E-state index in [1.54, 1.807) is 5.17 Å². The van der Waals surface area contributed by atoms with Crippen molar-refractivity contribution in [3.05, 3.63) is 82.6 Å². The number of fused-ring (bicyclic) bond motifs is 1. The van der Waals surface area contributed by atoms with Crippen molar-refractivity contribution < 1.29 is 51.0 Å². The molecule has 1 aromatic carbocycles. The minimum Gasteiger partial charge on any atom is -1.00 e. The largest absolute Gasteiger partial charge is 2.00 e. The molecule has 5 heteroatoms. The van der Waals surface area contributed by atoms with Gasteiger partial charge in [0.15, 0.2) is 0 Å². The summed E-state index contributed by atoms with van der Waals surface area (Å²) < 4.78 is 0. The van der Waals surface area contributed by atoms with E-state index in [4.69, 9.17) is 4.99 Å². The Labute approximate surface area is 183 Å². The maximum atomic E-state index is 4.81. The summed E-state index contributed by atoms with van der Waals surface area (Å²) in [5, 5.41) is 1.64. The standard InChI is InChI=1S/C20H19NSi.2ClH.Zr/c1-14-19(16-9-5-6-10-16)20-17(21-14)11-12-18(20)22-13-15-7-3-2-4-8-15;;;/h2-9,11,22H,10,12-13H2,1H3;2*1H;/q;;;+2/p-2. The summed E-state index contributed by atoms with van der Waals surface area (Å²) in [6.45, 7) is 2.16. The maximum Gasteiger partial charge on any atom is 2.00 e. The number of aliphatic imine (C=N–C) groups is 1. The van der Waals surface area contributed by atoms with Crippen LogP contribution in [0, 0.1) is 0 Å². The molecule has 1 nitrogen and oxygen atoms in total. The molecule has 1 heterocycles. The van der Waals surface area contributed by atoms with Crippen molar-refractivity contribution in [2.75, 3.05) is 0 Å². The van der Waals surface area contributed by atoms with Crippen molar-refractivity contribution in [2.45, 2.75) is 25.8 Å². The van der Waals surface area contributed by atoms with Crippen LogP contribution in [0.2, 0.25) is 0 Å². The Bertz CT molecular complexity index is 817. The zero-order valence-electron chi connectivity index (χ0n) is 14.1. The molecule has 0 saturated heterocycles. The van der Waals surface area contributed by atoms with Crippen LogP contribution in [-0.4, -0.2) is 20.0 Å². The SMILES string of the molecule is CC1=NC2=CCC(=[SiH]Cc3ccccc3)C2=C1C1=CC=CC1.[Cl-].[Cl-].[Zr+2]. The topological polar surface area (TPSA) is 12.4 Å². The molecule has 1 aromatic rings. The molecule has 0 aromatic heterocycles. The number of benzene rings is 1. The average Bonchev–Trinajstić information content (AvgIpc) is 3.23. The number of halogens is 2. The third-order valence-electron chi connectivity index (χ3n) is 4.51. The Morgan fingerprint density at radius 2 is 1.80 bits per heavy atom. The van der Waals surface area contributed by atoms with Crippen LogP contribution in [0.25, 0.3) is 0 Å². The molecule has 0 amide bonds. The van der Waals surface area contributed by atoms with Crippen molar-refractivity contribution in [3.8, 4) is 0 Å². The molecule has 0 unspecified atom stereocenters. The van der Waals surface area contributed by atoms with E-state index in [1.165, 1.54) is 39.7 Å². The van der Waals surface area contributed by atoms with Gasteiger partial charge in [0.1, 0.15) is 0 Å². The van der Waals surface area contributed by atoms with Crippen LogP contribution in [0.3, 0.4) is 0 Å². The summed E-state index contributed by atoms with van der Waals surface area (Å²) in [7, 11) is 0.299. The van der Waals surface area contributed by atoms with E-state index >= 15 is 0 Å². The number of hydrogen-bond acceptors (Lipinski definition) is 1. The fraction of sp³-hybridized carbons (Fsp3) is 0.200. The molecule has 1 aliphatic heterocycles. The molecule has 25 heavy (non-hydrogen) atoms. The fourth-order valence-corrected chi connectivity index (χ4v) is 4.98. The van der Waals surface area contributed by atoms with Gasteiger partial charge < -0.3 is 24.8 Å². The monoisotopic (exact) mass is 461 g/mol. The van der Waals surface area contributed by atoms with Gasteiger partial charge in [0.05, 0.1) is 5.70 Å². The van der Waals surface area contributed by atoms with E-state index in [1.807, 2.05) is 0 Å². The van der Waals surface area contributed by atoms with Crippen molar-refractivity contribution in [1.82, 2.24) is 0 Å². The van der Waals surface area contributed by atoms with Gasteiger partial charge in [-0.1, -0.05) is 59.8 Å². The van der Waals surface area contributed by atoms with E-state index < -0.39 is 0 Å². The van der Waals surface area contributed by atoms with Crippen LogP contribution in [0.5, 0.6) is 0 Å². The number of allylic oxidation sites excluding steroid dienone is 7. The van der Waals surface area contributed by atoms with E-state index in [0.717, 1.165) is 12.8 Å². The summed E-state index contributed by atoms with van der Waals surface area (Å²) in [5.41, 5.74) is 8.22. The molecule has 4 rings (SSSR count). The maximum absolute atomic E-state index is 4.81. The van der Waals surface area contributed by atoms with Crippen LogP contribution in [0.15, 0.2) is 82.0 Å². The molecule has 3 aliphatic rings.